The van der Waals surface area contributed by atoms with Crippen molar-refractivity contribution in [2.24, 2.45) is 0 Å². The normalized spacial score (nSPS) is 12.0. The molecule has 0 aliphatic carbocycles. The van der Waals surface area contributed by atoms with Crippen LogP contribution in [0.25, 0.3) is 6.08 Å². The largest absolute Gasteiger partial charge is 0.449 e. The Bertz CT molecular complexity index is 821. The number of nitrogens with one attached hydrogen (secondary N) is 1. The molecule has 0 radical (unpaired) electrons. The minimum Gasteiger partial charge on any atom is -0.449 e. The first-order valence-corrected chi connectivity index (χ1v) is 8.39. The molecule has 1 atom stereocenters. The van der Waals surface area contributed by atoms with Gasteiger partial charge in [-0.3, -0.25) is 4.79 Å². The maximum atomic E-state index is 12.1. The number of para-hydroxylation sites is 1. The minimum absolute atomic E-state index is 0.379. The van der Waals surface area contributed by atoms with Crippen LogP contribution in [0, 0.1) is 0 Å². The molecule has 0 spiro atoms. The third-order valence-corrected chi connectivity index (χ3v) is 4.22. The Kier molecular flexibility index (Phi) is 6.88. The number of hydrogen-bond acceptors (Lipinski definition) is 3. The molecule has 7 heteroatoms. The molecule has 0 aromatic heterocycles. The molecule has 1 amide bonds. The molecule has 130 valence electrons. The summed E-state index contributed by atoms with van der Waals surface area (Å²) in [4.78, 5) is 23.9. The highest BCUT2D eigenvalue weighted by molar-refractivity contribution is 6.42. The van der Waals surface area contributed by atoms with Crippen LogP contribution >= 0.6 is 34.8 Å². The van der Waals surface area contributed by atoms with Crippen LogP contribution in [0.2, 0.25) is 15.1 Å². The molecule has 2 aromatic rings. The molecule has 0 unspecified atom stereocenters. The summed E-state index contributed by atoms with van der Waals surface area (Å²) >= 11 is 17.7. The Morgan fingerprint density at radius 1 is 1.04 bits per heavy atom. The Balaban J connectivity index is 1.92. The second-order valence-corrected chi connectivity index (χ2v) is 6.28. The molecule has 1 N–H and O–H groups in total. The van der Waals surface area contributed by atoms with Gasteiger partial charge in [-0.15, -0.1) is 0 Å². The predicted octanol–water partition coefficient (Wildman–Crippen LogP) is 5.23. The van der Waals surface area contributed by atoms with E-state index in [1.54, 1.807) is 42.5 Å². The van der Waals surface area contributed by atoms with E-state index in [1.165, 1.54) is 19.1 Å². The molecule has 0 saturated heterocycles. The molecule has 0 aliphatic heterocycles. The van der Waals surface area contributed by atoms with E-state index < -0.39 is 18.0 Å². The first-order valence-electron chi connectivity index (χ1n) is 7.26. The van der Waals surface area contributed by atoms with Crippen molar-refractivity contribution in [2.75, 3.05) is 5.32 Å². The summed E-state index contributed by atoms with van der Waals surface area (Å²) in [6.07, 6.45) is 1.74. The van der Waals surface area contributed by atoms with Crippen molar-refractivity contribution < 1.29 is 14.3 Å². The SMILES string of the molecule is C[C@@H](OC(=O)/C=C/c1ccc(Cl)c(Cl)c1)C(=O)Nc1ccccc1Cl. The van der Waals surface area contributed by atoms with Crippen LogP contribution in [0.3, 0.4) is 0 Å². The van der Waals surface area contributed by atoms with E-state index in [9.17, 15) is 9.59 Å². The number of esters is 1. The summed E-state index contributed by atoms with van der Waals surface area (Å²) in [6.45, 7) is 1.47. The quantitative estimate of drug-likeness (QED) is 0.554. The van der Waals surface area contributed by atoms with Gasteiger partial charge in [0.15, 0.2) is 6.10 Å². The van der Waals surface area contributed by atoms with Crippen LogP contribution in [0.1, 0.15) is 12.5 Å². The number of ether oxygens (including phenoxy) is 1. The zero-order valence-electron chi connectivity index (χ0n) is 13.1. The van der Waals surface area contributed by atoms with Crippen molar-refractivity contribution in [3.05, 3.63) is 69.2 Å². The summed E-state index contributed by atoms with van der Waals surface area (Å²) in [5.41, 5.74) is 1.13. The van der Waals surface area contributed by atoms with Crippen LogP contribution in [-0.2, 0) is 14.3 Å². The van der Waals surface area contributed by atoms with Crippen LogP contribution in [0.5, 0.6) is 0 Å². The van der Waals surface area contributed by atoms with Crippen molar-refractivity contribution in [1.29, 1.82) is 0 Å². The van der Waals surface area contributed by atoms with Crippen molar-refractivity contribution >= 4 is 58.4 Å². The molecular weight excluding hydrogens is 385 g/mol. The number of halogens is 3. The summed E-state index contributed by atoms with van der Waals surface area (Å²) in [7, 11) is 0. The lowest BCUT2D eigenvalue weighted by Gasteiger charge is -2.13. The molecule has 4 nitrogen and oxygen atoms in total. The van der Waals surface area contributed by atoms with Gasteiger partial charge in [-0.1, -0.05) is 53.0 Å². The average molecular weight is 399 g/mol. The number of carbonyl (C=O) groups excluding carboxylic acids is 2. The topological polar surface area (TPSA) is 55.4 Å². The highest BCUT2D eigenvalue weighted by Crippen LogP contribution is 2.23. The van der Waals surface area contributed by atoms with E-state index in [1.807, 2.05) is 0 Å². The van der Waals surface area contributed by atoms with Crippen molar-refractivity contribution in [3.8, 4) is 0 Å². The number of amides is 1. The Hall–Kier alpha value is -2.01. The molecular formula is C18H14Cl3NO3. The lowest BCUT2D eigenvalue weighted by atomic mass is 10.2. The smallest absolute Gasteiger partial charge is 0.331 e. The number of benzene rings is 2. The van der Waals surface area contributed by atoms with Crippen LogP contribution < -0.4 is 5.32 Å². The second-order valence-electron chi connectivity index (χ2n) is 5.06. The third-order valence-electron chi connectivity index (χ3n) is 3.15. The molecule has 0 saturated carbocycles. The lowest BCUT2D eigenvalue weighted by Crippen LogP contribution is -2.29. The Morgan fingerprint density at radius 2 is 1.76 bits per heavy atom. The van der Waals surface area contributed by atoms with E-state index in [-0.39, 0.29) is 0 Å². The third kappa shape index (κ3) is 5.78. The van der Waals surface area contributed by atoms with Crippen LogP contribution in [-0.4, -0.2) is 18.0 Å². The maximum Gasteiger partial charge on any atom is 0.331 e. The molecule has 2 aromatic carbocycles. The number of carbonyl (C=O) groups is 2. The summed E-state index contributed by atoms with van der Waals surface area (Å²) in [5, 5.41) is 3.80. The number of rotatable bonds is 5. The first-order chi connectivity index (χ1) is 11.9. The predicted molar refractivity (Wildman–Crippen MR) is 101 cm³/mol. The van der Waals surface area contributed by atoms with Crippen molar-refractivity contribution in [2.45, 2.75) is 13.0 Å². The van der Waals surface area contributed by atoms with Crippen LogP contribution in [0.4, 0.5) is 5.69 Å². The molecule has 0 fully saturated rings. The molecule has 25 heavy (non-hydrogen) atoms. The first kappa shape index (κ1) is 19.3. The van der Waals surface area contributed by atoms with Gasteiger partial charge >= 0.3 is 5.97 Å². The van der Waals surface area contributed by atoms with Gasteiger partial charge in [0, 0.05) is 6.08 Å². The molecule has 0 aliphatic rings. The molecule has 2 rings (SSSR count). The van der Waals surface area contributed by atoms with Crippen molar-refractivity contribution in [1.82, 2.24) is 0 Å². The van der Waals surface area contributed by atoms with Crippen molar-refractivity contribution in [3.63, 3.8) is 0 Å². The fourth-order valence-electron chi connectivity index (χ4n) is 1.84. The Labute approximate surface area is 160 Å². The second kappa shape index (κ2) is 8.90. The average Bonchev–Trinajstić information content (AvgIpc) is 2.58. The Morgan fingerprint density at radius 3 is 2.44 bits per heavy atom. The van der Waals surface area contributed by atoms with Gasteiger partial charge in [-0.05, 0) is 42.8 Å². The highest BCUT2D eigenvalue weighted by atomic mass is 35.5. The minimum atomic E-state index is -0.984. The fraction of sp³-hybridized carbons (Fsp3) is 0.111. The summed E-state index contributed by atoms with van der Waals surface area (Å²) in [5.74, 6) is -1.14. The molecule has 0 bridgehead atoms. The van der Waals surface area contributed by atoms with Gasteiger partial charge in [0.25, 0.3) is 5.91 Å². The van der Waals surface area contributed by atoms with Gasteiger partial charge in [-0.2, -0.15) is 0 Å². The van der Waals surface area contributed by atoms with E-state index in [4.69, 9.17) is 39.5 Å². The van der Waals surface area contributed by atoms with Crippen LogP contribution in [0.15, 0.2) is 48.5 Å². The van der Waals surface area contributed by atoms with E-state index >= 15 is 0 Å². The maximum absolute atomic E-state index is 12.1. The van der Waals surface area contributed by atoms with Gasteiger partial charge < -0.3 is 10.1 Å². The summed E-state index contributed by atoms with van der Waals surface area (Å²) in [6, 6.07) is 11.7. The summed E-state index contributed by atoms with van der Waals surface area (Å²) < 4.78 is 5.06. The van der Waals surface area contributed by atoms with E-state index in [0.29, 0.717) is 26.3 Å². The number of anilines is 1. The highest BCUT2D eigenvalue weighted by Gasteiger charge is 2.17. The zero-order valence-corrected chi connectivity index (χ0v) is 15.4. The van der Waals surface area contributed by atoms with E-state index in [0.717, 1.165) is 0 Å². The number of hydrogen-bond donors (Lipinski definition) is 1. The monoisotopic (exact) mass is 397 g/mol. The standard InChI is InChI=1S/C18H14Cl3NO3/c1-11(18(24)22-16-5-3-2-4-14(16)20)25-17(23)9-7-12-6-8-13(19)15(21)10-12/h2-11H,1H3,(H,22,24)/b9-7+/t11-/m1/s1. The van der Waals surface area contributed by atoms with Gasteiger partial charge in [0.05, 0.1) is 20.8 Å². The van der Waals surface area contributed by atoms with Gasteiger partial charge in [0.1, 0.15) is 0 Å². The van der Waals surface area contributed by atoms with E-state index in [2.05, 4.69) is 5.32 Å². The molecule has 0 heterocycles. The van der Waals surface area contributed by atoms with Gasteiger partial charge in [0.2, 0.25) is 0 Å². The van der Waals surface area contributed by atoms with Gasteiger partial charge in [-0.25, -0.2) is 4.79 Å². The lowest BCUT2D eigenvalue weighted by molar-refractivity contribution is -0.148. The zero-order chi connectivity index (χ0) is 18.4. The fourth-order valence-corrected chi connectivity index (χ4v) is 2.33.